The highest BCUT2D eigenvalue weighted by atomic mass is 35.5. The molecule has 0 aromatic heterocycles. The molecule has 0 aliphatic carbocycles. The Labute approximate surface area is 108 Å². The van der Waals surface area contributed by atoms with Gasteiger partial charge in [-0.25, -0.2) is 0 Å². The standard InChI is InChI=1S/C13H20ClNO2/c1-3-15(7-4-8-16)13-6-5-11(10(2)17)9-12(13)14/h5-6,9-10,16-17H,3-4,7-8H2,1-2H3/t10-/m1/s1. The van der Waals surface area contributed by atoms with Gasteiger partial charge in [-0.15, -0.1) is 0 Å². The zero-order valence-corrected chi connectivity index (χ0v) is 11.1. The predicted octanol–water partition coefficient (Wildman–Crippen LogP) is 2.60. The fourth-order valence-electron chi connectivity index (χ4n) is 1.75. The highest BCUT2D eigenvalue weighted by molar-refractivity contribution is 6.33. The number of nitrogens with zero attached hydrogens (tertiary/aromatic N) is 1. The number of aliphatic hydroxyl groups is 2. The van der Waals surface area contributed by atoms with Crippen LogP contribution in [0.25, 0.3) is 0 Å². The summed E-state index contributed by atoms with van der Waals surface area (Å²) in [5.74, 6) is 0. The summed E-state index contributed by atoms with van der Waals surface area (Å²) in [4.78, 5) is 2.12. The van der Waals surface area contributed by atoms with Gasteiger partial charge in [0.05, 0.1) is 16.8 Å². The highest BCUT2D eigenvalue weighted by Gasteiger charge is 2.10. The van der Waals surface area contributed by atoms with E-state index >= 15 is 0 Å². The molecule has 0 aliphatic heterocycles. The predicted molar refractivity (Wildman–Crippen MR) is 71.7 cm³/mol. The van der Waals surface area contributed by atoms with Gasteiger partial charge in [0, 0.05) is 19.7 Å². The van der Waals surface area contributed by atoms with Gasteiger partial charge in [0.1, 0.15) is 0 Å². The molecule has 0 saturated heterocycles. The molecule has 0 spiro atoms. The minimum atomic E-state index is -0.505. The molecule has 2 N–H and O–H groups in total. The van der Waals surface area contributed by atoms with Crippen molar-refractivity contribution in [1.82, 2.24) is 0 Å². The monoisotopic (exact) mass is 257 g/mol. The minimum absolute atomic E-state index is 0.180. The molecule has 1 aromatic rings. The third-order valence-electron chi connectivity index (χ3n) is 2.76. The first kappa shape index (κ1) is 14.3. The van der Waals surface area contributed by atoms with Crippen LogP contribution in [-0.4, -0.2) is 29.9 Å². The van der Waals surface area contributed by atoms with E-state index in [0.29, 0.717) is 5.02 Å². The SMILES string of the molecule is CCN(CCCO)c1ccc([C@@H](C)O)cc1Cl. The van der Waals surface area contributed by atoms with Crippen molar-refractivity contribution in [3.63, 3.8) is 0 Å². The number of hydrogen-bond acceptors (Lipinski definition) is 3. The second-order valence-corrected chi connectivity index (χ2v) is 4.45. The summed E-state index contributed by atoms with van der Waals surface area (Å²) in [5.41, 5.74) is 1.77. The van der Waals surface area contributed by atoms with Crippen molar-refractivity contribution in [2.45, 2.75) is 26.4 Å². The van der Waals surface area contributed by atoms with E-state index < -0.39 is 6.10 Å². The minimum Gasteiger partial charge on any atom is -0.396 e. The Kier molecular flexibility index (Phi) is 5.75. The van der Waals surface area contributed by atoms with Crippen LogP contribution in [-0.2, 0) is 0 Å². The third-order valence-corrected chi connectivity index (χ3v) is 3.07. The molecule has 17 heavy (non-hydrogen) atoms. The Morgan fingerprint density at radius 3 is 2.59 bits per heavy atom. The van der Waals surface area contributed by atoms with Crippen LogP contribution in [0.1, 0.15) is 31.9 Å². The molecule has 1 rings (SSSR count). The molecule has 4 heteroatoms. The smallest absolute Gasteiger partial charge is 0.0762 e. The molecular formula is C13H20ClNO2. The van der Waals surface area contributed by atoms with E-state index in [4.69, 9.17) is 16.7 Å². The largest absolute Gasteiger partial charge is 0.396 e. The summed E-state index contributed by atoms with van der Waals surface area (Å²) < 4.78 is 0. The first-order chi connectivity index (χ1) is 8.10. The van der Waals surface area contributed by atoms with Crippen molar-refractivity contribution in [3.05, 3.63) is 28.8 Å². The Morgan fingerprint density at radius 1 is 1.41 bits per heavy atom. The average molecular weight is 258 g/mol. The van der Waals surface area contributed by atoms with Gasteiger partial charge in [0.2, 0.25) is 0 Å². The van der Waals surface area contributed by atoms with Crippen molar-refractivity contribution in [2.75, 3.05) is 24.6 Å². The molecule has 0 aliphatic rings. The lowest BCUT2D eigenvalue weighted by atomic mass is 10.1. The van der Waals surface area contributed by atoms with Gasteiger partial charge in [-0.1, -0.05) is 17.7 Å². The lowest BCUT2D eigenvalue weighted by Crippen LogP contribution is -2.24. The second kappa shape index (κ2) is 6.84. The molecule has 1 atom stereocenters. The van der Waals surface area contributed by atoms with Crippen LogP contribution >= 0.6 is 11.6 Å². The molecule has 0 radical (unpaired) electrons. The van der Waals surface area contributed by atoms with Crippen molar-refractivity contribution < 1.29 is 10.2 Å². The zero-order chi connectivity index (χ0) is 12.8. The van der Waals surface area contributed by atoms with Crippen LogP contribution in [0.5, 0.6) is 0 Å². The molecule has 0 saturated carbocycles. The van der Waals surface area contributed by atoms with Crippen molar-refractivity contribution in [1.29, 1.82) is 0 Å². The van der Waals surface area contributed by atoms with E-state index in [1.165, 1.54) is 0 Å². The molecule has 0 amide bonds. The maximum atomic E-state index is 9.47. The topological polar surface area (TPSA) is 43.7 Å². The number of benzene rings is 1. The fraction of sp³-hybridized carbons (Fsp3) is 0.538. The first-order valence-corrected chi connectivity index (χ1v) is 6.31. The van der Waals surface area contributed by atoms with Crippen LogP contribution in [0.4, 0.5) is 5.69 Å². The summed E-state index contributed by atoms with van der Waals surface area (Å²) in [6, 6.07) is 5.60. The molecule has 0 heterocycles. The van der Waals surface area contributed by atoms with E-state index in [1.807, 2.05) is 12.1 Å². The van der Waals surface area contributed by atoms with Crippen molar-refractivity contribution in [2.24, 2.45) is 0 Å². The number of hydrogen-bond donors (Lipinski definition) is 2. The lowest BCUT2D eigenvalue weighted by Gasteiger charge is -2.24. The lowest BCUT2D eigenvalue weighted by molar-refractivity contribution is 0.199. The molecule has 3 nitrogen and oxygen atoms in total. The summed E-state index contributed by atoms with van der Waals surface area (Å²) >= 11 is 6.21. The Hall–Kier alpha value is -0.770. The van der Waals surface area contributed by atoms with Crippen LogP contribution in [0.15, 0.2) is 18.2 Å². The summed E-state index contributed by atoms with van der Waals surface area (Å²) in [7, 11) is 0. The molecule has 0 bridgehead atoms. The van der Waals surface area contributed by atoms with Crippen molar-refractivity contribution in [3.8, 4) is 0 Å². The van der Waals surface area contributed by atoms with E-state index in [2.05, 4.69) is 11.8 Å². The number of aliphatic hydroxyl groups excluding tert-OH is 2. The van der Waals surface area contributed by atoms with Gasteiger partial charge in [-0.05, 0) is 38.0 Å². The maximum absolute atomic E-state index is 9.47. The van der Waals surface area contributed by atoms with Gasteiger partial charge in [-0.3, -0.25) is 0 Å². The van der Waals surface area contributed by atoms with Gasteiger partial charge < -0.3 is 15.1 Å². The van der Waals surface area contributed by atoms with E-state index in [-0.39, 0.29) is 6.61 Å². The van der Waals surface area contributed by atoms with Gasteiger partial charge in [-0.2, -0.15) is 0 Å². The molecule has 0 unspecified atom stereocenters. The van der Waals surface area contributed by atoms with Gasteiger partial charge >= 0.3 is 0 Å². The van der Waals surface area contributed by atoms with Gasteiger partial charge in [0.25, 0.3) is 0 Å². The Morgan fingerprint density at radius 2 is 2.12 bits per heavy atom. The quantitative estimate of drug-likeness (QED) is 0.823. The molecular weight excluding hydrogens is 238 g/mol. The number of halogens is 1. The molecule has 0 fully saturated rings. The van der Waals surface area contributed by atoms with Gasteiger partial charge in [0.15, 0.2) is 0 Å². The molecule has 96 valence electrons. The summed E-state index contributed by atoms with van der Waals surface area (Å²) in [6.45, 7) is 5.57. The van der Waals surface area contributed by atoms with Crippen molar-refractivity contribution >= 4 is 17.3 Å². The van der Waals surface area contributed by atoms with E-state index in [9.17, 15) is 5.11 Å². The zero-order valence-electron chi connectivity index (χ0n) is 10.4. The Bertz CT molecular complexity index is 355. The second-order valence-electron chi connectivity index (χ2n) is 4.04. The Balaban J connectivity index is 2.88. The first-order valence-electron chi connectivity index (χ1n) is 5.93. The maximum Gasteiger partial charge on any atom is 0.0762 e. The van der Waals surface area contributed by atoms with E-state index in [1.54, 1.807) is 13.0 Å². The fourth-order valence-corrected chi connectivity index (χ4v) is 2.06. The third kappa shape index (κ3) is 3.87. The van der Waals surface area contributed by atoms with Crippen LogP contribution in [0.2, 0.25) is 5.02 Å². The highest BCUT2D eigenvalue weighted by Crippen LogP contribution is 2.29. The normalized spacial score (nSPS) is 12.5. The average Bonchev–Trinajstić information content (AvgIpc) is 2.31. The van der Waals surface area contributed by atoms with E-state index in [0.717, 1.165) is 30.8 Å². The summed E-state index contributed by atoms with van der Waals surface area (Å²) in [6.07, 6.45) is 0.219. The summed E-state index contributed by atoms with van der Waals surface area (Å²) in [5, 5.41) is 19.0. The number of anilines is 1. The van der Waals surface area contributed by atoms with Crippen LogP contribution in [0, 0.1) is 0 Å². The molecule has 1 aromatic carbocycles. The van der Waals surface area contributed by atoms with Crippen LogP contribution < -0.4 is 4.90 Å². The number of rotatable bonds is 6. The van der Waals surface area contributed by atoms with Crippen LogP contribution in [0.3, 0.4) is 0 Å².